The Balaban J connectivity index is 1.09. The Morgan fingerprint density at radius 2 is 0.880 bits per heavy atom. The number of Topliss-reactive ketones (excluding diaryl/α,β-unsaturated/α-hetero) is 2. The molecule has 2 heterocycles. The number of hydrogen-bond acceptors (Lipinski definition) is 8. The molecule has 50 heavy (non-hydrogen) atoms. The SMILES string of the molecule is NC(=O)c1ccccc1C(=O)C(Cc1cnc[nH]1)NCCCCCCCCCCCCNC(Cc1cnc[nH]1)C(=O)c1ccccc1C(N)=O. The lowest BCUT2D eigenvalue weighted by Crippen LogP contribution is -2.40. The van der Waals surface area contributed by atoms with E-state index in [1.54, 1.807) is 73.6 Å². The van der Waals surface area contributed by atoms with E-state index in [2.05, 4.69) is 30.6 Å². The molecule has 0 bridgehead atoms. The smallest absolute Gasteiger partial charge is 0.249 e. The van der Waals surface area contributed by atoms with Crippen molar-refractivity contribution in [2.75, 3.05) is 13.1 Å². The van der Waals surface area contributed by atoms with Crippen molar-refractivity contribution in [3.63, 3.8) is 0 Å². The molecule has 0 saturated heterocycles. The second-order valence-electron chi connectivity index (χ2n) is 12.7. The topological polar surface area (TPSA) is 202 Å². The van der Waals surface area contributed by atoms with Gasteiger partial charge in [0, 0.05) is 58.9 Å². The van der Waals surface area contributed by atoms with E-state index in [-0.39, 0.29) is 22.7 Å². The number of carbonyl (C=O) groups excluding carboxylic acids is 4. The maximum absolute atomic E-state index is 13.4. The molecule has 0 aliphatic heterocycles. The van der Waals surface area contributed by atoms with E-state index in [1.807, 2.05) is 0 Å². The molecule has 0 spiro atoms. The van der Waals surface area contributed by atoms with Gasteiger partial charge in [0.2, 0.25) is 11.8 Å². The van der Waals surface area contributed by atoms with Gasteiger partial charge in [0.25, 0.3) is 0 Å². The second-order valence-corrected chi connectivity index (χ2v) is 12.7. The van der Waals surface area contributed by atoms with Crippen molar-refractivity contribution in [1.29, 1.82) is 0 Å². The molecule has 8 N–H and O–H groups in total. The lowest BCUT2D eigenvalue weighted by atomic mass is 9.95. The number of rotatable bonds is 25. The van der Waals surface area contributed by atoms with Gasteiger partial charge in [-0.15, -0.1) is 0 Å². The number of hydrogen-bond donors (Lipinski definition) is 6. The first-order valence-electron chi connectivity index (χ1n) is 17.6. The highest BCUT2D eigenvalue weighted by Crippen LogP contribution is 2.16. The molecule has 4 aromatic rings. The third-order valence-electron chi connectivity index (χ3n) is 8.89. The van der Waals surface area contributed by atoms with Crippen LogP contribution in [-0.4, -0.2) is 68.5 Å². The molecule has 0 fully saturated rings. The van der Waals surface area contributed by atoms with Crippen molar-refractivity contribution in [2.45, 2.75) is 89.1 Å². The minimum absolute atomic E-state index is 0.154. The standard InChI is InChI=1S/C38H50N8O4/c39-37(49)31-17-11-9-15-29(31)35(47)33(21-27-23-41-25-45-27)43-19-13-7-5-3-1-2-4-6-8-14-20-44-34(22-28-24-42-26-46-28)36(48)30-16-10-12-18-32(30)38(40)50/h9-12,15-18,23-26,33-34,43-44H,1-8,13-14,19-22H2,(H2,39,49)(H2,40,50)(H,41,45)(H,42,46). The highest BCUT2D eigenvalue weighted by atomic mass is 16.2. The highest BCUT2D eigenvalue weighted by molar-refractivity contribution is 6.10. The minimum atomic E-state index is -0.615. The van der Waals surface area contributed by atoms with Crippen molar-refractivity contribution in [1.82, 2.24) is 30.6 Å². The van der Waals surface area contributed by atoms with Crippen LogP contribution in [0.2, 0.25) is 0 Å². The Kier molecular flexibility index (Phi) is 15.6. The Morgan fingerprint density at radius 3 is 1.20 bits per heavy atom. The average Bonchev–Trinajstić information content (AvgIpc) is 3.85. The number of ketones is 2. The molecular formula is C38H50N8O4. The number of imidazole rings is 2. The second kappa shape index (κ2) is 20.5. The van der Waals surface area contributed by atoms with Gasteiger partial charge in [-0.2, -0.15) is 0 Å². The molecule has 2 unspecified atom stereocenters. The van der Waals surface area contributed by atoms with Gasteiger partial charge < -0.3 is 32.1 Å². The summed E-state index contributed by atoms with van der Waals surface area (Å²) in [6.45, 7) is 1.40. The molecule has 0 radical (unpaired) electrons. The predicted molar refractivity (Wildman–Crippen MR) is 193 cm³/mol. The molecule has 2 atom stereocenters. The summed E-state index contributed by atoms with van der Waals surface area (Å²) in [5.74, 6) is -1.54. The molecule has 12 nitrogen and oxygen atoms in total. The third-order valence-corrected chi connectivity index (χ3v) is 8.89. The first kappa shape index (κ1) is 37.9. The summed E-state index contributed by atoms with van der Waals surface area (Å²) in [5.41, 5.74) is 13.9. The minimum Gasteiger partial charge on any atom is -0.366 e. The lowest BCUT2D eigenvalue weighted by Gasteiger charge is -2.18. The monoisotopic (exact) mass is 682 g/mol. The number of primary amides is 2. The van der Waals surface area contributed by atoms with Crippen molar-refractivity contribution in [3.05, 3.63) is 107 Å². The van der Waals surface area contributed by atoms with E-state index in [1.165, 1.54) is 25.7 Å². The summed E-state index contributed by atoms with van der Waals surface area (Å²) in [5, 5.41) is 6.80. The van der Waals surface area contributed by atoms with Crippen LogP contribution >= 0.6 is 0 Å². The van der Waals surface area contributed by atoms with E-state index in [4.69, 9.17) is 11.5 Å². The summed E-state index contributed by atoms with van der Waals surface area (Å²) < 4.78 is 0. The van der Waals surface area contributed by atoms with E-state index < -0.39 is 23.9 Å². The van der Waals surface area contributed by atoms with Crippen LogP contribution in [-0.2, 0) is 12.8 Å². The molecule has 0 saturated carbocycles. The largest absolute Gasteiger partial charge is 0.366 e. The lowest BCUT2D eigenvalue weighted by molar-refractivity contribution is 0.0925. The maximum Gasteiger partial charge on any atom is 0.249 e. The maximum atomic E-state index is 13.4. The number of aromatic nitrogens is 4. The van der Waals surface area contributed by atoms with Crippen LogP contribution in [0.15, 0.2) is 73.6 Å². The fraction of sp³-hybridized carbons (Fsp3) is 0.421. The van der Waals surface area contributed by atoms with Gasteiger partial charge in [-0.05, 0) is 38.1 Å². The molecule has 266 valence electrons. The van der Waals surface area contributed by atoms with Gasteiger partial charge in [-0.25, -0.2) is 9.97 Å². The van der Waals surface area contributed by atoms with Gasteiger partial charge in [-0.3, -0.25) is 19.2 Å². The number of aromatic amines is 2. The highest BCUT2D eigenvalue weighted by Gasteiger charge is 2.25. The van der Waals surface area contributed by atoms with Crippen molar-refractivity contribution < 1.29 is 19.2 Å². The molecule has 12 heteroatoms. The van der Waals surface area contributed by atoms with Crippen molar-refractivity contribution in [3.8, 4) is 0 Å². The van der Waals surface area contributed by atoms with E-state index in [0.717, 1.165) is 49.9 Å². The number of nitrogens with zero attached hydrogens (tertiary/aromatic N) is 2. The third kappa shape index (κ3) is 11.9. The van der Waals surface area contributed by atoms with E-state index in [0.29, 0.717) is 37.1 Å². The van der Waals surface area contributed by atoms with Crippen LogP contribution in [0.5, 0.6) is 0 Å². The molecular weight excluding hydrogens is 632 g/mol. The van der Waals surface area contributed by atoms with E-state index >= 15 is 0 Å². The molecule has 2 amide bonds. The van der Waals surface area contributed by atoms with Crippen LogP contribution in [0.3, 0.4) is 0 Å². The Bertz CT molecular complexity index is 1520. The zero-order valence-corrected chi connectivity index (χ0v) is 28.7. The first-order chi connectivity index (χ1) is 24.3. The van der Waals surface area contributed by atoms with Gasteiger partial charge in [0.05, 0.1) is 24.7 Å². The normalized spacial score (nSPS) is 12.4. The number of nitrogens with two attached hydrogens (primary N) is 2. The number of unbranched alkanes of at least 4 members (excludes halogenated alkanes) is 9. The molecule has 0 aliphatic carbocycles. The van der Waals surface area contributed by atoms with E-state index in [9.17, 15) is 19.2 Å². The van der Waals surface area contributed by atoms with Crippen LogP contribution in [0.25, 0.3) is 0 Å². The van der Waals surface area contributed by atoms with Crippen LogP contribution < -0.4 is 22.1 Å². The average molecular weight is 683 g/mol. The quantitative estimate of drug-likeness (QED) is 0.0426. The summed E-state index contributed by atoms with van der Waals surface area (Å²) in [6, 6.07) is 12.4. The van der Waals surface area contributed by atoms with Crippen LogP contribution in [0.1, 0.15) is 117 Å². The zero-order valence-electron chi connectivity index (χ0n) is 28.7. The molecule has 4 rings (SSSR count). The number of H-pyrrole nitrogens is 2. The molecule has 2 aromatic carbocycles. The zero-order chi connectivity index (χ0) is 35.6. The first-order valence-corrected chi connectivity index (χ1v) is 17.6. The van der Waals surface area contributed by atoms with Gasteiger partial charge in [0.15, 0.2) is 11.6 Å². The Labute approximate surface area is 293 Å². The molecule has 0 aliphatic rings. The van der Waals surface area contributed by atoms with Crippen molar-refractivity contribution >= 4 is 23.4 Å². The fourth-order valence-electron chi connectivity index (χ4n) is 6.17. The van der Waals surface area contributed by atoms with Crippen LogP contribution in [0.4, 0.5) is 0 Å². The predicted octanol–water partition coefficient (Wildman–Crippen LogP) is 4.70. The Hall–Kier alpha value is -4.94. The summed E-state index contributed by atoms with van der Waals surface area (Å²) in [7, 11) is 0. The number of amides is 2. The summed E-state index contributed by atoms with van der Waals surface area (Å²) >= 11 is 0. The summed E-state index contributed by atoms with van der Waals surface area (Å²) in [6.07, 6.45) is 18.5. The van der Waals surface area contributed by atoms with Gasteiger partial charge >= 0.3 is 0 Å². The number of benzene rings is 2. The van der Waals surface area contributed by atoms with Crippen molar-refractivity contribution in [2.24, 2.45) is 11.5 Å². The van der Waals surface area contributed by atoms with Gasteiger partial charge in [0.1, 0.15) is 0 Å². The van der Waals surface area contributed by atoms with Gasteiger partial charge in [-0.1, -0.05) is 87.8 Å². The number of carbonyl (C=O) groups is 4. The number of nitrogens with one attached hydrogen (secondary N) is 4. The Morgan fingerprint density at radius 1 is 0.540 bits per heavy atom. The molecule has 2 aromatic heterocycles. The fourth-order valence-corrected chi connectivity index (χ4v) is 6.17. The van der Waals surface area contributed by atoms with Crippen LogP contribution in [0, 0.1) is 0 Å². The summed E-state index contributed by atoms with van der Waals surface area (Å²) in [4.78, 5) is 64.9.